The Kier molecular flexibility index (Phi) is 4.66. The van der Waals surface area contributed by atoms with Gasteiger partial charge in [-0.25, -0.2) is 4.90 Å². The summed E-state index contributed by atoms with van der Waals surface area (Å²) in [5.74, 6) is 0. The number of hydrogen-bond acceptors (Lipinski definition) is 4. The average molecular weight is 365 g/mol. The van der Waals surface area contributed by atoms with Crippen LogP contribution in [-0.4, -0.2) is 11.2 Å². The van der Waals surface area contributed by atoms with Crippen molar-refractivity contribution in [2.45, 2.75) is 19.0 Å². The molecule has 3 aromatic carbocycles. The van der Waals surface area contributed by atoms with E-state index in [4.69, 9.17) is 23.1 Å². The molecule has 0 radical (unpaired) electrons. The predicted molar refractivity (Wildman–Crippen MR) is 107 cm³/mol. The van der Waals surface area contributed by atoms with Gasteiger partial charge in [0.25, 0.3) is 0 Å². The van der Waals surface area contributed by atoms with Crippen LogP contribution in [0.1, 0.15) is 17.3 Å². The lowest BCUT2D eigenvalue weighted by molar-refractivity contribution is 0.121. The van der Waals surface area contributed by atoms with Gasteiger partial charge in [0.2, 0.25) is 0 Å². The standard InChI is InChI=1S/C21H21ClN4/c22-16-9-6-10-17(13-16)26-19-12-5-4-11-18(19)20(23)25(21(26)24)14-15-7-2-1-3-8-15/h1-13,20-21H,14,23-24H2. The Balaban J connectivity index is 1.79. The second-order valence-electron chi connectivity index (χ2n) is 6.43. The molecule has 1 aliphatic heterocycles. The summed E-state index contributed by atoms with van der Waals surface area (Å²) in [5, 5.41) is 0.677. The van der Waals surface area contributed by atoms with Crippen molar-refractivity contribution in [1.29, 1.82) is 0 Å². The lowest BCUT2D eigenvalue weighted by atomic mass is 10.0. The highest BCUT2D eigenvalue weighted by atomic mass is 35.5. The molecule has 0 spiro atoms. The summed E-state index contributed by atoms with van der Waals surface area (Å²) in [4.78, 5) is 4.19. The van der Waals surface area contributed by atoms with Crippen molar-refractivity contribution >= 4 is 23.0 Å². The maximum atomic E-state index is 6.69. The molecule has 0 aliphatic carbocycles. The Morgan fingerprint density at radius 1 is 0.846 bits per heavy atom. The Labute approximate surface area is 158 Å². The van der Waals surface area contributed by atoms with E-state index in [-0.39, 0.29) is 6.17 Å². The first-order valence-corrected chi connectivity index (χ1v) is 8.97. The topological polar surface area (TPSA) is 58.5 Å². The Morgan fingerprint density at radius 2 is 1.58 bits per heavy atom. The summed E-state index contributed by atoms with van der Waals surface area (Å²) in [7, 11) is 0. The summed E-state index contributed by atoms with van der Waals surface area (Å²) < 4.78 is 0. The van der Waals surface area contributed by atoms with Crippen LogP contribution in [0.4, 0.5) is 11.4 Å². The highest BCUT2D eigenvalue weighted by Crippen LogP contribution is 2.40. The fourth-order valence-electron chi connectivity index (χ4n) is 3.49. The summed E-state index contributed by atoms with van der Waals surface area (Å²) in [5.41, 5.74) is 17.5. The molecule has 5 heteroatoms. The minimum atomic E-state index is -0.404. The Hall–Kier alpha value is -2.37. The van der Waals surface area contributed by atoms with Crippen molar-refractivity contribution in [3.63, 3.8) is 0 Å². The predicted octanol–water partition coefficient (Wildman–Crippen LogP) is 4.19. The van der Waals surface area contributed by atoms with E-state index in [0.717, 1.165) is 16.9 Å². The number of rotatable bonds is 3. The van der Waals surface area contributed by atoms with Gasteiger partial charge >= 0.3 is 0 Å². The molecule has 0 aromatic heterocycles. The summed E-state index contributed by atoms with van der Waals surface area (Å²) in [6.45, 7) is 0.661. The minimum Gasteiger partial charge on any atom is -0.312 e. The molecule has 0 amide bonds. The number of nitrogens with zero attached hydrogens (tertiary/aromatic N) is 2. The van der Waals surface area contributed by atoms with Gasteiger partial charge in [0.05, 0.1) is 6.17 Å². The number of anilines is 2. The van der Waals surface area contributed by atoms with Gasteiger partial charge in [0.15, 0.2) is 0 Å². The highest BCUT2D eigenvalue weighted by Gasteiger charge is 2.35. The lowest BCUT2D eigenvalue weighted by Crippen LogP contribution is -2.58. The molecule has 1 heterocycles. The van der Waals surface area contributed by atoms with Crippen molar-refractivity contribution in [3.8, 4) is 0 Å². The second kappa shape index (κ2) is 7.09. The molecule has 4 rings (SSSR count). The number of fused-ring (bicyclic) bond motifs is 1. The average Bonchev–Trinajstić information content (AvgIpc) is 2.66. The van der Waals surface area contributed by atoms with Gasteiger partial charge in [-0.15, -0.1) is 0 Å². The molecule has 0 saturated carbocycles. The summed E-state index contributed by atoms with van der Waals surface area (Å²) in [6.07, 6.45) is -0.685. The van der Waals surface area contributed by atoms with E-state index < -0.39 is 6.29 Å². The van der Waals surface area contributed by atoms with Gasteiger partial charge in [-0.2, -0.15) is 0 Å². The van der Waals surface area contributed by atoms with Gasteiger partial charge in [-0.1, -0.05) is 66.2 Å². The molecular formula is C21H21ClN4. The van der Waals surface area contributed by atoms with Gasteiger partial charge in [-0.3, -0.25) is 5.73 Å². The SMILES string of the molecule is NC1c2ccccc2N(c2cccc(Cl)c2)C(N)N1Cc1ccccc1. The van der Waals surface area contributed by atoms with E-state index >= 15 is 0 Å². The minimum absolute atomic E-state index is 0.281. The third-order valence-electron chi connectivity index (χ3n) is 4.77. The maximum absolute atomic E-state index is 6.69. The zero-order chi connectivity index (χ0) is 18.1. The van der Waals surface area contributed by atoms with Crippen molar-refractivity contribution in [2.75, 3.05) is 4.90 Å². The highest BCUT2D eigenvalue weighted by molar-refractivity contribution is 6.30. The van der Waals surface area contributed by atoms with Crippen LogP contribution in [-0.2, 0) is 6.54 Å². The van der Waals surface area contributed by atoms with E-state index in [1.54, 1.807) is 0 Å². The van der Waals surface area contributed by atoms with Crippen LogP contribution < -0.4 is 16.4 Å². The fraction of sp³-hybridized carbons (Fsp3) is 0.143. The number of para-hydroxylation sites is 1. The quantitative estimate of drug-likeness (QED) is 0.731. The smallest absolute Gasteiger partial charge is 0.141 e. The van der Waals surface area contributed by atoms with Gasteiger partial charge < -0.3 is 10.6 Å². The van der Waals surface area contributed by atoms with E-state index in [1.165, 1.54) is 5.56 Å². The van der Waals surface area contributed by atoms with Crippen LogP contribution in [0.5, 0.6) is 0 Å². The first-order chi connectivity index (χ1) is 12.6. The van der Waals surface area contributed by atoms with Crippen LogP contribution in [0.25, 0.3) is 0 Å². The van der Waals surface area contributed by atoms with Gasteiger partial charge in [0.1, 0.15) is 6.29 Å². The van der Waals surface area contributed by atoms with Crippen LogP contribution in [0.15, 0.2) is 78.9 Å². The molecule has 2 unspecified atom stereocenters. The zero-order valence-corrected chi connectivity index (χ0v) is 15.1. The Morgan fingerprint density at radius 3 is 2.35 bits per heavy atom. The third kappa shape index (κ3) is 3.08. The van der Waals surface area contributed by atoms with Crippen LogP contribution in [0.2, 0.25) is 5.02 Å². The van der Waals surface area contributed by atoms with E-state index in [2.05, 4.69) is 34.1 Å². The van der Waals surface area contributed by atoms with E-state index in [9.17, 15) is 0 Å². The fourth-order valence-corrected chi connectivity index (χ4v) is 3.68. The van der Waals surface area contributed by atoms with Gasteiger partial charge in [0, 0.05) is 28.5 Å². The van der Waals surface area contributed by atoms with E-state index in [0.29, 0.717) is 11.6 Å². The number of hydrogen-bond donors (Lipinski definition) is 2. The molecule has 26 heavy (non-hydrogen) atoms. The van der Waals surface area contributed by atoms with Crippen molar-refractivity contribution in [2.24, 2.45) is 11.5 Å². The normalized spacial score (nSPS) is 20.0. The number of nitrogens with two attached hydrogens (primary N) is 2. The lowest BCUT2D eigenvalue weighted by Gasteiger charge is -2.47. The molecule has 3 aromatic rings. The van der Waals surface area contributed by atoms with Crippen LogP contribution in [0, 0.1) is 0 Å². The molecule has 0 saturated heterocycles. The van der Waals surface area contributed by atoms with Crippen molar-refractivity contribution in [3.05, 3.63) is 95.0 Å². The monoisotopic (exact) mass is 364 g/mol. The maximum Gasteiger partial charge on any atom is 0.141 e. The molecule has 2 atom stereocenters. The molecule has 1 aliphatic rings. The molecule has 132 valence electrons. The zero-order valence-electron chi connectivity index (χ0n) is 14.3. The number of benzene rings is 3. The molecule has 0 bridgehead atoms. The summed E-state index contributed by atoms with van der Waals surface area (Å²) in [6, 6.07) is 26.1. The van der Waals surface area contributed by atoms with Crippen molar-refractivity contribution in [1.82, 2.24) is 4.90 Å². The van der Waals surface area contributed by atoms with E-state index in [1.807, 2.05) is 54.6 Å². The molecule has 0 fully saturated rings. The number of halogens is 1. The third-order valence-corrected chi connectivity index (χ3v) is 5.01. The van der Waals surface area contributed by atoms with Crippen molar-refractivity contribution < 1.29 is 0 Å². The largest absolute Gasteiger partial charge is 0.312 e. The Bertz CT molecular complexity index is 899. The first kappa shape index (κ1) is 17.1. The van der Waals surface area contributed by atoms with Crippen LogP contribution in [0.3, 0.4) is 0 Å². The molecular weight excluding hydrogens is 344 g/mol. The first-order valence-electron chi connectivity index (χ1n) is 8.60. The van der Waals surface area contributed by atoms with Crippen LogP contribution >= 0.6 is 11.6 Å². The second-order valence-corrected chi connectivity index (χ2v) is 6.86. The molecule has 4 N–H and O–H groups in total. The van der Waals surface area contributed by atoms with Gasteiger partial charge in [-0.05, 0) is 29.8 Å². The summed E-state index contributed by atoms with van der Waals surface area (Å²) >= 11 is 6.23. The molecule has 4 nitrogen and oxygen atoms in total.